The molecule has 1 unspecified atom stereocenters. The van der Waals surface area contributed by atoms with Crippen LogP contribution in [0, 0.1) is 0 Å². The van der Waals surface area contributed by atoms with Gasteiger partial charge in [0.05, 0.1) is 5.25 Å². The van der Waals surface area contributed by atoms with E-state index in [-0.39, 0.29) is 11.2 Å². The number of anilines is 1. The third-order valence-electron chi connectivity index (χ3n) is 6.53. The highest BCUT2D eigenvalue weighted by atomic mass is 32.2. The minimum Gasteiger partial charge on any atom is -0.368 e. The molecule has 0 aromatic heterocycles. The molecule has 0 spiro atoms. The maximum Gasteiger partial charge on any atom is 0.219 e. The monoisotopic (exact) mass is 487 g/mol. The van der Waals surface area contributed by atoms with Crippen LogP contribution in [0.2, 0.25) is 0 Å². The average molecular weight is 488 g/mol. The molecule has 1 atom stereocenters. The Morgan fingerprint density at radius 3 is 2.30 bits per heavy atom. The number of rotatable bonds is 6. The number of piperazine rings is 1. The number of carbonyl (C=O) groups is 1. The van der Waals surface area contributed by atoms with Gasteiger partial charge in [-0.05, 0) is 42.7 Å². The smallest absolute Gasteiger partial charge is 0.219 e. The first-order valence-corrected chi connectivity index (χ1v) is 14.2. The normalized spacial score (nSPS) is 21.5. The predicted octanol–water partition coefficient (Wildman–Crippen LogP) is 3.83. The molecule has 178 valence electrons. The van der Waals surface area contributed by atoms with Crippen LogP contribution in [-0.2, 0) is 21.4 Å². The minimum atomic E-state index is -3.35. The van der Waals surface area contributed by atoms with Crippen LogP contribution < -0.4 is 4.90 Å². The van der Waals surface area contributed by atoms with Gasteiger partial charge in [0.15, 0.2) is 0 Å². The summed E-state index contributed by atoms with van der Waals surface area (Å²) in [5.41, 5.74) is 2.14. The molecule has 2 saturated heterocycles. The van der Waals surface area contributed by atoms with Gasteiger partial charge in [-0.15, -0.1) is 11.8 Å². The summed E-state index contributed by atoms with van der Waals surface area (Å²) in [6, 6.07) is 18.3. The molecule has 2 aliphatic heterocycles. The summed E-state index contributed by atoms with van der Waals surface area (Å²) in [6.07, 6.45) is 2.58. The Morgan fingerprint density at radius 2 is 1.64 bits per heavy atom. The van der Waals surface area contributed by atoms with Crippen molar-refractivity contribution in [3.8, 4) is 0 Å². The molecule has 2 aromatic carbocycles. The fourth-order valence-electron chi connectivity index (χ4n) is 4.49. The van der Waals surface area contributed by atoms with Gasteiger partial charge >= 0.3 is 0 Å². The number of hydrogen-bond donors (Lipinski definition) is 0. The summed E-state index contributed by atoms with van der Waals surface area (Å²) >= 11 is 1.63. The Morgan fingerprint density at radius 1 is 0.939 bits per heavy atom. The van der Waals surface area contributed by atoms with Crippen LogP contribution in [-0.4, -0.2) is 67.3 Å². The van der Waals surface area contributed by atoms with Gasteiger partial charge in [0.2, 0.25) is 15.9 Å². The number of amides is 1. The SMILES string of the molecule is CC(=O)N1CCN(c2ccc(CN3CCCCC(CSc4ccccc4)S3(=O)=O)cc2)CC1. The van der Waals surface area contributed by atoms with Crippen molar-refractivity contribution in [3.05, 3.63) is 60.2 Å². The van der Waals surface area contributed by atoms with Gasteiger partial charge in [-0.3, -0.25) is 4.79 Å². The van der Waals surface area contributed by atoms with Gasteiger partial charge in [-0.25, -0.2) is 8.42 Å². The molecule has 2 heterocycles. The lowest BCUT2D eigenvalue weighted by molar-refractivity contribution is -0.129. The molecular weight excluding hydrogens is 454 g/mol. The fourth-order valence-corrected chi connectivity index (χ4v) is 7.87. The number of thioether (sulfide) groups is 1. The second-order valence-electron chi connectivity index (χ2n) is 8.78. The van der Waals surface area contributed by atoms with Crippen molar-refractivity contribution in [2.24, 2.45) is 0 Å². The Bertz CT molecular complexity index is 1020. The van der Waals surface area contributed by atoms with E-state index >= 15 is 0 Å². The highest BCUT2D eigenvalue weighted by Crippen LogP contribution is 2.29. The van der Waals surface area contributed by atoms with E-state index in [0.717, 1.165) is 61.6 Å². The quantitative estimate of drug-likeness (QED) is 0.580. The van der Waals surface area contributed by atoms with Crippen molar-refractivity contribution in [3.63, 3.8) is 0 Å². The van der Waals surface area contributed by atoms with Crippen LogP contribution in [0.25, 0.3) is 0 Å². The maximum absolute atomic E-state index is 13.4. The highest BCUT2D eigenvalue weighted by Gasteiger charge is 2.34. The second-order valence-corrected chi connectivity index (χ2v) is 12.1. The van der Waals surface area contributed by atoms with E-state index in [0.29, 0.717) is 18.8 Å². The third kappa shape index (κ3) is 6.11. The summed E-state index contributed by atoms with van der Waals surface area (Å²) in [4.78, 5) is 16.8. The van der Waals surface area contributed by atoms with Crippen LogP contribution in [0.1, 0.15) is 31.7 Å². The summed E-state index contributed by atoms with van der Waals surface area (Å²) in [5, 5.41) is -0.345. The Labute approximate surface area is 202 Å². The van der Waals surface area contributed by atoms with E-state index < -0.39 is 10.0 Å². The Hall–Kier alpha value is -2.03. The van der Waals surface area contributed by atoms with E-state index in [1.807, 2.05) is 47.4 Å². The topological polar surface area (TPSA) is 60.9 Å². The van der Waals surface area contributed by atoms with Gasteiger partial charge in [0, 0.05) is 62.5 Å². The summed E-state index contributed by atoms with van der Waals surface area (Å²) in [7, 11) is -3.35. The van der Waals surface area contributed by atoms with Crippen molar-refractivity contribution in [2.75, 3.05) is 43.4 Å². The molecule has 0 bridgehead atoms. The largest absolute Gasteiger partial charge is 0.368 e. The molecule has 8 heteroatoms. The second kappa shape index (κ2) is 10.9. The molecule has 1 amide bonds. The van der Waals surface area contributed by atoms with E-state index in [1.165, 1.54) is 0 Å². The van der Waals surface area contributed by atoms with Crippen molar-refractivity contribution in [1.82, 2.24) is 9.21 Å². The van der Waals surface area contributed by atoms with Gasteiger partial charge in [-0.2, -0.15) is 4.31 Å². The number of nitrogens with zero attached hydrogens (tertiary/aromatic N) is 3. The average Bonchev–Trinajstić information content (AvgIpc) is 2.97. The van der Waals surface area contributed by atoms with Gasteiger partial charge in [-0.1, -0.05) is 36.8 Å². The van der Waals surface area contributed by atoms with Crippen LogP contribution in [0.4, 0.5) is 5.69 Å². The number of benzene rings is 2. The first-order valence-electron chi connectivity index (χ1n) is 11.7. The number of hydrogen-bond acceptors (Lipinski definition) is 5. The van der Waals surface area contributed by atoms with Crippen molar-refractivity contribution >= 4 is 33.4 Å². The fraction of sp³-hybridized carbons (Fsp3) is 0.480. The number of sulfonamides is 1. The van der Waals surface area contributed by atoms with Crippen molar-refractivity contribution in [1.29, 1.82) is 0 Å². The molecule has 2 aromatic rings. The zero-order valence-electron chi connectivity index (χ0n) is 19.2. The maximum atomic E-state index is 13.4. The third-order valence-corrected chi connectivity index (χ3v) is 10.2. The van der Waals surface area contributed by atoms with Crippen LogP contribution in [0.5, 0.6) is 0 Å². The zero-order valence-corrected chi connectivity index (χ0v) is 20.9. The summed E-state index contributed by atoms with van der Waals surface area (Å²) in [6.45, 7) is 5.75. The van der Waals surface area contributed by atoms with Gasteiger partial charge in [0.25, 0.3) is 0 Å². The van der Waals surface area contributed by atoms with Gasteiger partial charge < -0.3 is 9.80 Å². The Balaban J connectivity index is 1.38. The molecule has 6 nitrogen and oxygen atoms in total. The first kappa shape index (κ1) is 24.1. The molecule has 33 heavy (non-hydrogen) atoms. The Kier molecular flexibility index (Phi) is 7.98. The molecule has 4 rings (SSSR count). The van der Waals surface area contributed by atoms with E-state index in [9.17, 15) is 13.2 Å². The molecule has 0 radical (unpaired) electrons. The first-order chi connectivity index (χ1) is 15.9. The molecule has 0 saturated carbocycles. The van der Waals surface area contributed by atoms with Crippen molar-refractivity contribution < 1.29 is 13.2 Å². The van der Waals surface area contributed by atoms with Crippen LogP contribution >= 0.6 is 11.8 Å². The van der Waals surface area contributed by atoms with E-state index in [1.54, 1.807) is 23.0 Å². The van der Waals surface area contributed by atoms with Crippen molar-refractivity contribution in [2.45, 2.75) is 42.9 Å². The minimum absolute atomic E-state index is 0.129. The highest BCUT2D eigenvalue weighted by molar-refractivity contribution is 8.00. The molecule has 0 aliphatic carbocycles. The standard InChI is InChI=1S/C25H33N3O3S2/c1-21(29)26-15-17-27(18-16-26)23-12-10-22(11-13-23)19-28-14-6-5-9-25(33(28,30)31)20-32-24-7-3-2-4-8-24/h2-4,7-8,10-13,25H,5-6,9,14-20H2,1H3. The van der Waals surface area contributed by atoms with Crippen LogP contribution in [0.3, 0.4) is 0 Å². The summed E-state index contributed by atoms with van der Waals surface area (Å²) in [5.74, 6) is 0.720. The molecular formula is C25H33N3O3S2. The predicted molar refractivity (Wildman–Crippen MR) is 135 cm³/mol. The molecule has 2 aliphatic rings. The lowest BCUT2D eigenvalue weighted by Crippen LogP contribution is -2.48. The van der Waals surface area contributed by atoms with E-state index in [2.05, 4.69) is 17.0 Å². The lowest BCUT2D eigenvalue weighted by atomic mass is 10.1. The molecule has 2 fully saturated rings. The van der Waals surface area contributed by atoms with Gasteiger partial charge in [0.1, 0.15) is 0 Å². The van der Waals surface area contributed by atoms with E-state index in [4.69, 9.17) is 0 Å². The molecule has 0 N–H and O–H groups in total. The summed E-state index contributed by atoms with van der Waals surface area (Å²) < 4.78 is 28.6. The lowest BCUT2D eigenvalue weighted by Gasteiger charge is -2.35. The van der Waals surface area contributed by atoms with Crippen LogP contribution in [0.15, 0.2) is 59.5 Å². The zero-order chi connectivity index (χ0) is 23.3. The number of carbonyl (C=O) groups excluding carboxylic acids is 1.